The number of aliphatic hydroxyl groups is 1. The molecule has 1 aromatic heterocycles. The number of halogens is 3. The van der Waals surface area contributed by atoms with Gasteiger partial charge in [0.15, 0.2) is 17.1 Å². The van der Waals surface area contributed by atoms with E-state index in [1.54, 1.807) is 43.3 Å². The van der Waals surface area contributed by atoms with E-state index in [1.807, 2.05) is 6.07 Å². The van der Waals surface area contributed by atoms with Gasteiger partial charge in [-0.05, 0) is 65.6 Å². The molecule has 1 aliphatic rings. The van der Waals surface area contributed by atoms with Gasteiger partial charge in [-0.3, -0.25) is 4.98 Å². The molecule has 2 unspecified atom stereocenters. The van der Waals surface area contributed by atoms with E-state index >= 15 is 0 Å². The number of hydrogen-bond donors (Lipinski definition) is 1. The van der Waals surface area contributed by atoms with Crippen LogP contribution in [-0.2, 0) is 18.3 Å². The number of hydrogen-bond acceptors (Lipinski definition) is 4. The van der Waals surface area contributed by atoms with E-state index in [0.717, 1.165) is 11.1 Å². The Hall–Kier alpha value is -2.80. The zero-order valence-electron chi connectivity index (χ0n) is 18.3. The van der Waals surface area contributed by atoms with E-state index < -0.39 is 30.0 Å². The molecule has 1 heterocycles. The Morgan fingerprint density at radius 2 is 1.75 bits per heavy atom. The van der Waals surface area contributed by atoms with Crippen LogP contribution in [0.2, 0.25) is 0 Å². The highest BCUT2D eigenvalue weighted by Crippen LogP contribution is 2.51. The van der Waals surface area contributed by atoms with Gasteiger partial charge in [-0.15, -0.1) is 0 Å². The van der Waals surface area contributed by atoms with Gasteiger partial charge < -0.3 is 14.6 Å². The molecule has 4 rings (SSSR count). The van der Waals surface area contributed by atoms with Crippen LogP contribution >= 0.6 is 0 Å². The number of alkyl halides is 3. The maximum absolute atomic E-state index is 14.3. The summed E-state index contributed by atoms with van der Waals surface area (Å²) in [7, 11) is 3.02. The fraction of sp³-hybridized carbons (Fsp3) is 0.400. The van der Waals surface area contributed by atoms with E-state index in [0.29, 0.717) is 40.8 Å². The Bertz CT molecular complexity index is 1140. The smallest absolute Gasteiger partial charge is 0.417 e. The standard InChI is InChI=1S/C25H26F3NO3/c1-23(10-8-16-12-21(31-2)22(32-3)13-19(16)23)15-24(30,25(26,27)28)14-17-9-11-29-20-7-5-4-6-18(17)20/h4-7,9,11-13,30H,8,10,14-15H2,1-3H3. The summed E-state index contributed by atoms with van der Waals surface area (Å²) in [5.41, 5.74) is -1.07. The Morgan fingerprint density at radius 3 is 2.44 bits per heavy atom. The molecule has 0 radical (unpaired) electrons. The van der Waals surface area contributed by atoms with Crippen molar-refractivity contribution >= 4 is 10.9 Å². The summed E-state index contributed by atoms with van der Waals surface area (Å²) in [6.45, 7) is 1.78. The number of nitrogens with zero attached hydrogens (tertiary/aromatic N) is 1. The molecule has 4 nitrogen and oxygen atoms in total. The Morgan fingerprint density at radius 1 is 1.06 bits per heavy atom. The van der Waals surface area contributed by atoms with E-state index in [4.69, 9.17) is 9.47 Å². The minimum Gasteiger partial charge on any atom is -0.493 e. The van der Waals surface area contributed by atoms with Crippen molar-refractivity contribution in [1.29, 1.82) is 0 Å². The average Bonchev–Trinajstić information content (AvgIpc) is 3.07. The lowest BCUT2D eigenvalue weighted by atomic mass is 9.72. The predicted octanol–water partition coefficient (Wildman–Crippen LogP) is 5.38. The van der Waals surface area contributed by atoms with Crippen molar-refractivity contribution in [1.82, 2.24) is 4.98 Å². The normalized spacial score (nSPS) is 20.1. The van der Waals surface area contributed by atoms with Gasteiger partial charge in [0.2, 0.25) is 0 Å². The van der Waals surface area contributed by atoms with E-state index in [2.05, 4.69) is 4.98 Å². The van der Waals surface area contributed by atoms with Crippen molar-refractivity contribution in [2.45, 2.75) is 49.8 Å². The number of aromatic nitrogens is 1. The number of pyridine rings is 1. The number of aryl methyl sites for hydroxylation is 1. The summed E-state index contributed by atoms with van der Waals surface area (Å²) in [5.74, 6) is 1.01. The lowest BCUT2D eigenvalue weighted by molar-refractivity contribution is -0.266. The van der Waals surface area contributed by atoms with Crippen molar-refractivity contribution in [3.05, 3.63) is 65.4 Å². The zero-order valence-corrected chi connectivity index (χ0v) is 18.3. The summed E-state index contributed by atoms with van der Waals surface area (Å²) in [4.78, 5) is 4.23. The van der Waals surface area contributed by atoms with Crippen LogP contribution in [0.3, 0.4) is 0 Å². The summed E-state index contributed by atoms with van der Waals surface area (Å²) in [6, 6.07) is 12.2. The third-order valence-corrected chi connectivity index (χ3v) is 6.64. The Balaban J connectivity index is 1.75. The van der Waals surface area contributed by atoms with Crippen LogP contribution in [0.4, 0.5) is 13.2 Å². The second kappa shape index (κ2) is 7.96. The van der Waals surface area contributed by atoms with Crippen molar-refractivity contribution in [2.75, 3.05) is 14.2 Å². The third-order valence-electron chi connectivity index (χ3n) is 6.64. The highest BCUT2D eigenvalue weighted by atomic mass is 19.4. The van der Waals surface area contributed by atoms with E-state index in [1.165, 1.54) is 20.4 Å². The van der Waals surface area contributed by atoms with Gasteiger partial charge >= 0.3 is 6.18 Å². The number of ether oxygens (including phenoxy) is 2. The minimum absolute atomic E-state index is 0.421. The largest absolute Gasteiger partial charge is 0.493 e. The number of methoxy groups -OCH3 is 2. The number of rotatable bonds is 6. The topological polar surface area (TPSA) is 51.6 Å². The summed E-state index contributed by atoms with van der Waals surface area (Å²) in [5, 5.41) is 11.7. The van der Waals surface area contributed by atoms with Gasteiger partial charge in [0, 0.05) is 18.0 Å². The molecule has 0 saturated heterocycles. The van der Waals surface area contributed by atoms with Crippen LogP contribution in [0.5, 0.6) is 11.5 Å². The SMILES string of the molecule is COc1cc2c(cc1OC)C(C)(CC(O)(Cc1ccnc3ccccc13)C(F)(F)F)CC2. The van der Waals surface area contributed by atoms with Gasteiger partial charge in [-0.2, -0.15) is 13.2 Å². The maximum Gasteiger partial charge on any atom is 0.417 e. The molecule has 0 fully saturated rings. The fourth-order valence-corrected chi connectivity index (χ4v) is 4.95. The second-order valence-electron chi connectivity index (χ2n) is 8.80. The lowest BCUT2D eigenvalue weighted by Crippen LogP contribution is -2.51. The average molecular weight is 445 g/mol. The molecule has 7 heteroatoms. The molecule has 0 saturated carbocycles. The van der Waals surface area contributed by atoms with Crippen LogP contribution in [0.15, 0.2) is 48.7 Å². The summed E-state index contributed by atoms with van der Waals surface area (Å²) >= 11 is 0. The molecule has 1 N–H and O–H groups in total. The molecule has 0 spiro atoms. The number of fused-ring (bicyclic) bond motifs is 2. The molecule has 2 atom stereocenters. The van der Waals surface area contributed by atoms with Crippen LogP contribution in [0, 0.1) is 0 Å². The lowest BCUT2D eigenvalue weighted by Gasteiger charge is -2.38. The monoisotopic (exact) mass is 445 g/mol. The molecule has 0 bridgehead atoms. The first-order valence-corrected chi connectivity index (χ1v) is 10.5. The number of para-hydroxylation sites is 1. The molecule has 170 valence electrons. The molecule has 0 aliphatic heterocycles. The molecule has 1 aliphatic carbocycles. The van der Waals surface area contributed by atoms with Crippen LogP contribution in [0.1, 0.15) is 36.5 Å². The molecule has 2 aromatic carbocycles. The van der Waals surface area contributed by atoms with Crippen molar-refractivity contribution in [3.8, 4) is 11.5 Å². The summed E-state index contributed by atoms with van der Waals surface area (Å²) in [6.07, 6.45) is -3.22. The van der Waals surface area contributed by atoms with Crippen LogP contribution in [-0.4, -0.2) is 36.1 Å². The highest BCUT2D eigenvalue weighted by Gasteiger charge is 2.57. The van der Waals surface area contributed by atoms with Crippen LogP contribution < -0.4 is 9.47 Å². The second-order valence-corrected chi connectivity index (χ2v) is 8.80. The Labute approximate surface area is 185 Å². The van der Waals surface area contributed by atoms with Crippen LogP contribution in [0.25, 0.3) is 10.9 Å². The van der Waals surface area contributed by atoms with Gasteiger partial charge in [0.1, 0.15) is 0 Å². The maximum atomic E-state index is 14.3. The molecule has 32 heavy (non-hydrogen) atoms. The van der Waals surface area contributed by atoms with E-state index in [9.17, 15) is 18.3 Å². The van der Waals surface area contributed by atoms with Crippen molar-refractivity contribution in [2.24, 2.45) is 0 Å². The third kappa shape index (κ3) is 3.79. The first-order chi connectivity index (χ1) is 15.1. The molecular formula is C25H26F3NO3. The molecule has 3 aromatic rings. The first kappa shape index (κ1) is 22.4. The van der Waals surface area contributed by atoms with Gasteiger partial charge in [-0.25, -0.2) is 0 Å². The molecule has 0 amide bonds. The Kier molecular flexibility index (Phi) is 5.57. The first-order valence-electron chi connectivity index (χ1n) is 10.5. The fourth-order valence-electron chi connectivity index (χ4n) is 4.95. The van der Waals surface area contributed by atoms with E-state index in [-0.39, 0.29) is 0 Å². The zero-order chi connectivity index (χ0) is 23.1. The quantitative estimate of drug-likeness (QED) is 0.553. The predicted molar refractivity (Wildman–Crippen MR) is 116 cm³/mol. The summed E-state index contributed by atoms with van der Waals surface area (Å²) < 4.78 is 53.8. The van der Waals surface area contributed by atoms with Crippen molar-refractivity contribution in [3.63, 3.8) is 0 Å². The highest BCUT2D eigenvalue weighted by molar-refractivity contribution is 5.82. The van der Waals surface area contributed by atoms with Gasteiger partial charge in [0.25, 0.3) is 0 Å². The molecular weight excluding hydrogens is 419 g/mol. The minimum atomic E-state index is -4.81. The van der Waals surface area contributed by atoms with Gasteiger partial charge in [-0.1, -0.05) is 25.1 Å². The number of benzene rings is 2. The van der Waals surface area contributed by atoms with Gasteiger partial charge in [0.05, 0.1) is 19.7 Å². The van der Waals surface area contributed by atoms with Crippen molar-refractivity contribution < 1.29 is 27.8 Å².